The standard InChI is InChI=1S/C62H77N5O8/c1-3-64-32-48-57(42(9-6-22-68)47-33-67-49-29-41(69)28-46-43-17-21-66-61(43)60(48)59(47)58(46)49)40-15-19-62(55(74)26-40)18-14-38(45-31-52(72)53(75-2)25-37(45)12-13-54(62)73)24-50(70)51(71)30-44(39-16-20-65-56(63)27-39)36-11-10-34-7-4-5-8-35(34)23-36/h4-5,7-8,10-11,16-17,21,23,25,27,31,38,40,42,44,46-51,55,57-60,64-68,70-72,74H,3,6,9,12-13,15,19-20,22,24,26,28-30,32-33,63H2,1-2H3/t38-,40+,42-,44+,46-,47+,48+,49-,50+,51-,55-,57-,58+,59+,60+,62-/m1/s1. The number of rotatable bonds is 15. The van der Waals surface area contributed by atoms with E-state index in [-0.39, 0.29) is 90.6 Å². The van der Waals surface area contributed by atoms with Gasteiger partial charge < -0.3 is 56.9 Å². The average Bonchev–Trinajstić information content (AvgIpc) is 3.92. The number of carbonyl (C=O) groups is 2. The number of aromatic nitrogens is 1. The van der Waals surface area contributed by atoms with Gasteiger partial charge in [0.15, 0.2) is 17.3 Å². The van der Waals surface area contributed by atoms with Crippen LogP contribution in [-0.4, -0.2) is 106 Å². The number of dihydropyridines is 1. The van der Waals surface area contributed by atoms with Crippen molar-refractivity contribution in [2.45, 2.75) is 126 Å². The molecular weight excluding hydrogens is 943 g/mol. The summed E-state index contributed by atoms with van der Waals surface area (Å²) >= 11 is 0. The van der Waals surface area contributed by atoms with Gasteiger partial charge in [-0.15, -0.1) is 0 Å². The highest BCUT2D eigenvalue weighted by Crippen LogP contribution is 2.65. The Morgan fingerprint density at radius 1 is 0.973 bits per heavy atom. The largest absolute Gasteiger partial charge is 0.504 e. The minimum atomic E-state index is -1.37. The van der Waals surface area contributed by atoms with Gasteiger partial charge in [-0.3, -0.25) is 9.59 Å². The van der Waals surface area contributed by atoms with Crippen molar-refractivity contribution in [2.75, 3.05) is 39.9 Å². The first kappa shape index (κ1) is 51.6. The van der Waals surface area contributed by atoms with Gasteiger partial charge in [-0.2, -0.15) is 0 Å². The number of phenols is 1. The monoisotopic (exact) mass is 1020 g/mol. The number of phenolic OH excluding ortho intramolecular Hbond substituents is 1. The predicted molar refractivity (Wildman–Crippen MR) is 289 cm³/mol. The molecule has 0 unspecified atom stereocenters. The van der Waals surface area contributed by atoms with Gasteiger partial charge in [0.25, 0.3) is 0 Å². The number of allylic oxidation sites excluding steroid dienone is 2. The third-order valence-corrected chi connectivity index (χ3v) is 19.6. The summed E-state index contributed by atoms with van der Waals surface area (Å²) in [6.45, 7) is 5.23. The van der Waals surface area contributed by atoms with Crippen LogP contribution in [0.3, 0.4) is 0 Å². The lowest BCUT2D eigenvalue weighted by molar-refractivity contribution is -0.140. The van der Waals surface area contributed by atoms with E-state index in [1.807, 2.05) is 18.2 Å². The molecule has 2 aliphatic heterocycles. The van der Waals surface area contributed by atoms with E-state index < -0.39 is 29.6 Å². The number of H-pyrrole nitrogens is 1. The van der Waals surface area contributed by atoms with E-state index >= 15 is 4.79 Å². The number of Topliss-reactive ketones (excluding diaryl/α,β-unsaturated/α-hetero) is 2. The van der Waals surface area contributed by atoms with E-state index in [0.29, 0.717) is 86.4 Å². The number of aromatic amines is 1. The number of aryl methyl sites for hydroxylation is 1. The number of nitrogens with one attached hydrogen (secondary N) is 4. The van der Waals surface area contributed by atoms with Crippen LogP contribution in [0.4, 0.5) is 0 Å². The number of hydrogen-bond acceptors (Lipinski definition) is 12. The van der Waals surface area contributed by atoms with Crippen molar-refractivity contribution < 1.29 is 39.9 Å². The van der Waals surface area contributed by atoms with Crippen molar-refractivity contribution in [1.82, 2.24) is 20.9 Å². The van der Waals surface area contributed by atoms with Crippen LogP contribution in [0.15, 0.2) is 90.4 Å². The van der Waals surface area contributed by atoms with Gasteiger partial charge >= 0.3 is 0 Å². The number of aromatic hydroxyl groups is 1. The molecule has 13 heteroatoms. The molecular formula is C62H77N5O8. The first-order valence-electron chi connectivity index (χ1n) is 28.0. The Morgan fingerprint density at radius 2 is 1.81 bits per heavy atom. The summed E-state index contributed by atoms with van der Waals surface area (Å²) < 4.78 is 5.57. The molecule has 1 spiro atoms. The van der Waals surface area contributed by atoms with Gasteiger partial charge in [0.1, 0.15) is 11.2 Å². The van der Waals surface area contributed by atoms with Crippen molar-refractivity contribution in [3.05, 3.63) is 118 Å². The molecule has 5 aliphatic carbocycles. The van der Waals surface area contributed by atoms with Crippen molar-refractivity contribution in [3.8, 4) is 23.3 Å². The molecule has 3 aromatic carbocycles. The van der Waals surface area contributed by atoms with Gasteiger partial charge in [0, 0.05) is 68.1 Å². The van der Waals surface area contributed by atoms with E-state index in [1.54, 1.807) is 12.1 Å². The zero-order valence-electron chi connectivity index (χ0n) is 43.5. The zero-order valence-corrected chi connectivity index (χ0v) is 43.5. The molecule has 4 aromatic rings. The molecule has 11 rings (SSSR count). The van der Waals surface area contributed by atoms with Crippen LogP contribution in [0.1, 0.15) is 123 Å². The number of piperidine rings is 1. The van der Waals surface area contributed by atoms with Gasteiger partial charge in [-0.1, -0.05) is 67.3 Å². The van der Waals surface area contributed by atoms with E-state index in [0.717, 1.165) is 53.5 Å². The second kappa shape index (κ2) is 21.5. The van der Waals surface area contributed by atoms with E-state index in [4.69, 9.17) is 10.5 Å². The topological polar surface area (TPSA) is 222 Å². The fourth-order valence-electron chi connectivity index (χ4n) is 16.3. The number of carbonyl (C=O) groups excluding carboxylic acids is 2. The van der Waals surface area contributed by atoms with E-state index in [9.17, 15) is 30.3 Å². The Hall–Kier alpha value is -5.46. The molecule has 1 saturated heterocycles. The molecule has 0 amide bonds. The highest BCUT2D eigenvalue weighted by Gasteiger charge is 2.63. The van der Waals surface area contributed by atoms with E-state index in [2.05, 4.69) is 88.4 Å². The number of fused-ring (bicyclic) bond motifs is 5. The van der Waals surface area contributed by atoms with Crippen LogP contribution in [-0.2, 0) is 16.0 Å². The summed E-state index contributed by atoms with van der Waals surface area (Å²) in [6.07, 6.45) is 7.29. The molecule has 3 saturated carbocycles. The Kier molecular flexibility index (Phi) is 14.8. The number of benzene rings is 3. The molecule has 7 aliphatic rings. The minimum Gasteiger partial charge on any atom is -0.504 e. The van der Waals surface area contributed by atoms with Crippen LogP contribution in [0.2, 0.25) is 0 Å². The van der Waals surface area contributed by atoms with Gasteiger partial charge in [-0.25, -0.2) is 0 Å². The highest BCUT2D eigenvalue weighted by atomic mass is 16.5. The molecule has 398 valence electrons. The summed E-state index contributed by atoms with van der Waals surface area (Å²) in [4.78, 5) is 32.0. The number of ether oxygens (including phenoxy) is 1. The summed E-state index contributed by atoms with van der Waals surface area (Å²) in [5, 5.41) is 71.8. The molecule has 0 radical (unpaired) electrons. The van der Waals surface area contributed by atoms with Crippen LogP contribution in [0, 0.1) is 58.7 Å². The Balaban J connectivity index is 0.912. The lowest BCUT2D eigenvalue weighted by Gasteiger charge is -2.64. The fourth-order valence-corrected chi connectivity index (χ4v) is 16.3. The number of ketones is 2. The molecule has 1 aromatic heterocycles. The molecule has 16 atom stereocenters. The lowest BCUT2D eigenvalue weighted by Crippen LogP contribution is -2.65. The SMILES string of the molecule is CCNC[C@@H]1[C@@H]2c3[nH]ccc3[C@H]3CC(=O)C[C@H]4NC[C@@H]([C@@H](CCCO)[C@H]1[C@H]1CC[C@@]5(C#C[C@H](C[C@H](O)[C@H](O)C[C@H](C6=CCNC(N)=C6)c6ccc7ccccc7c6)c6cc(O)c(OC)cc6CCC5=O)[C@H](O)C1)[C@H]2[C@@H]34. The maximum atomic E-state index is 15.0. The van der Waals surface area contributed by atoms with Gasteiger partial charge in [-0.05, 0) is 181 Å². The number of nitrogens with two attached hydrogens (primary N) is 1. The number of hydrogen-bond donors (Lipinski definition) is 10. The van der Waals surface area contributed by atoms with Crippen molar-refractivity contribution >= 4 is 22.3 Å². The number of methoxy groups -OCH3 is 1. The fraction of sp³-hybridized carbons (Fsp3) is 0.548. The third-order valence-electron chi connectivity index (χ3n) is 19.6. The van der Waals surface area contributed by atoms with Crippen LogP contribution in [0.25, 0.3) is 10.8 Å². The molecule has 4 fully saturated rings. The molecule has 0 bridgehead atoms. The summed E-state index contributed by atoms with van der Waals surface area (Å²) in [5.41, 5.74) is 10.8. The summed E-state index contributed by atoms with van der Waals surface area (Å²) in [5.74, 6) is 9.00. The van der Waals surface area contributed by atoms with Gasteiger partial charge in [0.05, 0.1) is 31.2 Å². The second-order valence-corrected chi connectivity index (χ2v) is 23.3. The quantitative estimate of drug-likeness (QED) is 0.0573. The molecule has 11 N–H and O–H groups in total. The molecule has 13 nitrogen and oxygen atoms in total. The van der Waals surface area contributed by atoms with Gasteiger partial charge in [0.2, 0.25) is 0 Å². The third kappa shape index (κ3) is 9.52. The van der Waals surface area contributed by atoms with Crippen molar-refractivity contribution in [3.63, 3.8) is 0 Å². The second-order valence-electron chi connectivity index (χ2n) is 23.3. The highest BCUT2D eigenvalue weighted by molar-refractivity contribution is 5.89. The Morgan fingerprint density at radius 3 is 2.60 bits per heavy atom. The summed E-state index contributed by atoms with van der Waals surface area (Å²) in [7, 11) is 1.49. The molecule has 3 heterocycles. The normalized spacial score (nSPS) is 33.1. The minimum absolute atomic E-state index is 0.00917. The maximum absolute atomic E-state index is 15.0. The molecule has 75 heavy (non-hydrogen) atoms. The lowest BCUT2D eigenvalue weighted by atomic mass is 9.43. The first-order valence-corrected chi connectivity index (χ1v) is 28.0. The Bertz CT molecular complexity index is 2900. The van der Waals surface area contributed by atoms with E-state index in [1.165, 1.54) is 18.4 Å². The number of aliphatic hydroxyl groups is 4. The first-order chi connectivity index (χ1) is 36.4. The van der Waals surface area contributed by atoms with Crippen LogP contribution >= 0.6 is 0 Å². The van der Waals surface area contributed by atoms with Crippen molar-refractivity contribution in [2.24, 2.45) is 52.6 Å². The maximum Gasteiger partial charge on any atom is 0.160 e. The average molecular weight is 1020 g/mol. The van der Waals surface area contributed by atoms with Crippen LogP contribution in [0.5, 0.6) is 11.5 Å². The predicted octanol–water partition coefficient (Wildman–Crippen LogP) is 6.56. The van der Waals surface area contributed by atoms with Crippen LogP contribution < -0.4 is 26.4 Å². The summed E-state index contributed by atoms with van der Waals surface area (Å²) in [6, 6.07) is 20.1. The Labute approximate surface area is 441 Å². The number of aliphatic hydroxyl groups excluding tert-OH is 4. The zero-order chi connectivity index (χ0) is 52.1. The smallest absolute Gasteiger partial charge is 0.160 e. The van der Waals surface area contributed by atoms with Crippen molar-refractivity contribution in [1.29, 1.82) is 0 Å².